The third-order valence-corrected chi connectivity index (χ3v) is 7.48. The molecule has 1 heterocycles. The Hall–Kier alpha value is -1.63. The number of carbonyl (C=O) groups is 3. The minimum Gasteiger partial charge on any atom is -0.463 e. The molecule has 0 radical (unpaired) electrons. The monoisotopic (exact) mass is 540 g/mol. The van der Waals surface area contributed by atoms with Crippen LogP contribution in [0, 0.1) is 5.41 Å². The Morgan fingerprint density at radius 1 is 0.737 bits per heavy atom. The minimum atomic E-state index is -0.511. The molecular formula is C31H56O7. The maximum absolute atomic E-state index is 13.1. The summed E-state index contributed by atoms with van der Waals surface area (Å²) >= 11 is 0. The zero-order chi connectivity index (χ0) is 28.2. The fraction of sp³-hybridized carbons (Fsp3) is 0.903. The van der Waals surface area contributed by atoms with Crippen LogP contribution in [0.15, 0.2) is 0 Å². The van der Waals surface area contributed by atoms with E-state index in [0.29, 0.717) is 13.2 Å². The normalized spacial score (nSPS) is 17.8. The SMILES string of the molecule is CCCCCC(CCCCCC(C)(CCCCCC(CCCC)OC(C)=O)C(=O)OCC1CO1)OC(C)=O. The van der Waals surface area contributed by atoms with E-state index in [1.54, 1.807) is 0 Å². The van der Waals surface area contributed by atoms with E-state index in [2.05, 4.69) is 13.8 Å². The molecule has 1 aliphatic rings. The summed E-state index contributed by atoms with van der Waals surface area (Å²) in [6, 6.07) is 0. The van der Waals surface area contributed by atoms with Gasteiger partial charge < -0.3 is 18.9 Å². The molecule has 0 N–H and O–H groups in total. The van der Waals surface area contributed by atoms with E-state index in [9.17, 15) is 14.4 Å². The van der Waals surface area contributed by atoms with Crippen molar-refractivity contribution in [2.45, 2.75) is 162 Å². The second kappa shape index (κ2) is 20.3. The molecule has 1 fully saturated rings. The maximum Gasteiger partial charge on any atom is 0.311 e. The third-order valence-electron chi connectivity index (χ3n) is 7.48. The molecule has 1 rings (SSSR count). The minimum absolute atomic E-state index is 0.000112. The maximum atomic E-state index is 13.1. The Labute approximate surface area is 232 Å². The van der Waals surface area contributed by atoms with Crippen molar-refractivity contribution in [2.75, 3.05) is 13.2 Å². The van der Waals surface area contributed by atoms with Crippen LogP contribution >= 0.6 is 0 Å². The number of epoxide rings is 1. The highest BCUT2D eigenvalue weighted by atomic mass is 16.6. The lowest BCUT2D eigenvalue weighted by Crippen LogP contribution is -2.31. The number of unbranched alkanes of at least 4 members (excludes halogenated alkanes) is 7. The molecule has 0 bridgehead atoms. The number of hydrogen-bond acceptors (Lipinski definition) is 7. The average molecular weight is 541 g/mol. The first-order valence-corrected chi connectivity index (χ1v) is 15.3. The molecule has 0 aromatic carbocycles. The van der Waals surface area contributed by atoms with Crippen LogP contribution in [0.2, 0.25) is 0 Å². The number of esters is 3. The van der Waals surface area contributed by atoms with Crippen molar-refractivity contribution in [3.05, 3.63) is 0 Å². The predicted molar refractivity (Wildman–Crippen MR) is 150 cm³/mol. The van der Waals surface area contributed by atoms with E-state index in [0.717, 1.165) is 109 Å². The Morgan fingerprint density at radius 2 is 1.18 bits per heavy atom. The quantitative estimate of drug-likeness (QED) is 0.0542. The summed E-state index contributed by atoms with van der Waals surface area (Å²) in [5, 5.41) is 0. The summed E-state index contributed by atoms with van der Waals surface area (Å²) in [7, 11) is 0. The Kier molecular flexibility index (Phi) is 18.4. The molecule has 0 aliphatic carbocycles. The molecule has 38 heavy (non-hydrogen) atoms. The second-order valence-electron chi connectivity index (χ2n) is 11.4. The molecule has 7 nitrogen and oxygen atoms in total. The fourth-order valence-corrected chi connectivity index (χ4v) is 5.01. The van der Waals surface area contributed by atoms with Gasteiger partial charge in [0.1, 0.15) is 24.9 Å². The lowest BCUT2D eigenvalue weighted by Gasteiger charge is -2.28. The van der Waals surface area contributed by atoms with Gasteiger partial charge in [-0.25, -0.2) is 0 Å². The summed E-state index contributed by atoms with van der Waals surface area (Å²) < 4.78 is 21.9. The Balaban J connectivity index is 2.49. The largest absolute Gasteiger partial charge is 0.463 e. The highest BCUT2D eigenvalue weighted by molar-refractivity contribution is 5.76. The highest BCUT2D eigenvalue weighted by Crippen LogP contribution is 2.34. The predicted octanol–water partition coefficient (Wildman–Crippen LogP) is 7.47. The summed E-state index contributed by atoms with van der Waals surface area (Å²) in [5.74, 6) is -0.529. The second-order valence-corrected chi connectivity index (χ2v) is 11.4. The molecule has 222 valence electrons. The van der Waals surface area contributed by atoms with Gasteiger partial charge >= 0.3 is 17.9 Å². The molecule has 0 saturated carbocycles. The molecule has 0 aromatic rings. The van der Waals surface area contributed by atoms with Crippen LogP contribution in [0.3, 0.4) is 0 Å². The van der Waals surface area contributed by atoms with Gasteiger partial charge in [-0.2, -0.15) is 0 Å². The summed E-state index contributed by atoms with van der Waals surface area (Å²) in [5.41, 5.74) is -0.511. The number of hydrogen-bond donors (Lipinski definition) is 0. The first kappa shape index (κ1) is 34.4. The molecular weight excluding hydrogens is 484 g/mol. The van der Waals surface area contributed by atoms with Gasteiger partial charge in [0.15, 0.2) is 0 Å². The molecule has 0 aromatic heterocycles. The van der Waals surface area contributed by atoms with Crippen LogP contribution in [0.1, 0.15) is 144 Å². The van der Waals surface area contributed by atoms with Crippen molar-refractivity contribution >= 4 is 17.9 Å². The van der Waals surface area contributed by atoms with Gasteiger partial charge in [-0.05, 0) is 64.7 Å². The van der Waals surface area contributed by atoms with Gasteiger partial charge in [-0.15, -0.1) is 0 Å². The fourth-order valence-electron chi connectivity index (χ4n) is 5.01. The van der Waals surface area contributed by atoms with E-state index in [1.807, 2.05) is 6.92 Å². The van der Waals surface area contributed by atoms with Crippen LogP contribution in [0.25, 0.3) is 0 Å². The number of carbonyl (C=O) groups excluding carboxylic acids is 3. The van der Waals surface area contributed by atoms with Crippen molar-refractivity contribution < 1.29 is 33.3 Å². The van der Waals surface area contributed by atoms with Crippen molar-refractivity contribution in [3.63, 3.8) is 0 Å². The number of ether oxygens (including phenoxy) is 4. The van der Waals surface area contributed by atoms with Gasteiger partial charge in [-0.3, -0.25) is 14.4 Å². The van der Waals surface area contributed by atoms with Crippen molar-refractivity contribution in [3.8, 4) is 0 Å². The number of rotatable bonds is 24. The summed E-state index contributed by atoms with van der Waals surface area (Å²) in [6.07, 6.45) is 16.7. The topological polar surface area (TPSA) is 91.4 Å². The Morgan fingerprint density at radius 3 is 1.61 bits per heavy atom. The van der Waals surface area contributed by atoms with Crippen LogP contribution in [0.5, 0.6) is 0 Å². The molecule has 4 atom stereocenters. The van der Waals surface area contributed by atoms with Gasteiger partial charge in [0.05, 0.1) is 12.0 Å². The van der Waals surface area contributed by atoms with E-state index in [1.165, 1.54) is 13.8 Å². The lowest BCUT2D eigenvalue weighted by molar-refractivity contribution is -0.156. The smallest absolute Gasteiger partial charge is 0.311 e. The zero-order valence-electron chi connectivity index (χ0n) is 25.0. The van der Waals surface area contributed by atoms with Crippen molar-refractivity contribution in [2.24, 2.45) is 5.41 Å². The third kappa shape index (κ3) is 17.1. The zero-order valence-corrected chi connectivity index (χ0v) is 25.0. The lowest BCUT2D eigenvalue weighted by atomic mass is 9.79. The van der Waals surface area contributed by atoms with Crippen molar-refractivity contribution in [1.29, 1.82) is 0 Å². The van der Waals surface area contributed by atoms with Gasteiger partial charge in [0.2, 0.25) is 0 Å². The average Bonchev–Trinajstić information content (AvgIpc) is 3.69. The van der Waals surface area contributed by atoms with Crippen molar-refractivity contribution in [1.82, 2.24) is 0 Å². The molecule has 1 saturated heterocycles. The summed E-state index contributed by atoms with van der Waals surface area (Å²) in [4.78, 5) is 35.9. The van der Waals surface area contributed by atoms with Crippen LogP contribution < -0.4 is 0 Å². The van der Waals surface area contributed by atoms with Gasteiger partial charge in [0.25, 0.3) is 0 Å². The van der Waals surface area contributed by atoms with Crippen LogP contribution in [-0.4, -0.2) is 49.4 Å². The first-order chi connectivity index (χ1) is 18.2. The van der Waals surface area contributed by atoms with E-state index < -0.39 is 5.41 Å². The molecule has 0 amide bonds. The standard InChI is InChI=1S/C31H56O7/c1-6-8-12-18-28(38-26(4)33)20-14-11-16-22-31(5,30(34)36-24-29-23-35-29)21-15-10-13-19-27(17-9-7-2)37-25(3)32/h27-29H,6-24H2,1-5H3. The van der Waals surface area contributed by atoms with E-state index >= 15 is 0 Å². The van der Waals surface area contributed by atoms with Gasteiger partial charge in [0, 0.05) is 13.8 Å². The van der Waals surface area contributed by atoms with E-state index in [4.69, 9.17) is 18.9 Å². The molecule has 0 spiro atoms. The van der Waals surface area contributed by atoms with E-state index in [-0.39, 0.29) is 36.2 Å². The first-order valence-electron chi connectivity index (χ1n) is 15.3. The molecule has 1 aliphatic heterocycles. The molecule has 4 unspecified atom stereocenters. The highest BCUT2D eigenvalue weighted by Gasteiger charge is 2.35. The summed E-state index contributed by atoms with van der Waals surface area (Å²) in [6.45, 7) is 10.3. The van der Waals surface area contributed by atoms with Gasteiger partial charge in [-0.1, -0.05) is 65.2 Å². The molecule has 7 heteroatoms. The van der Waals surface area contributed by atoms with Crippen LogP contribution in [0.4, 0.5) is 0 Å². The van der Waals surface area contributed by atoms with Crippen LogP contribution in [-0.2, 0) is 33.3 Å². The Bertz CT molecular complexity index is 661.